The van der Waals surface area contributed by atoms with Crippen LogP contribution >= 0.6 is 11.6 Å². The summed E-state index contributed by atoms with van der Waals surface area (Å²) in [7, 11) is 1.62. The van der Waals surface area contributed by atoms with Crippen LogP contribution < -0.4 is 10.6 Å². The molecular weight excluding hydrogens is 252 g/mol. The summed E-state index contributed by atoms with van der Waals surface area (Å²) in [6.45, 7) is 4.69. The molecule has 18 heavy (non-hydrogen) atoms. The van der Waals surface area contributed by atoms with Gasteiger partial charge in [-0.3, -0.25) is 4.79 Å². The van der Waals surface area contributed by atoms with Crippen LogP contribution in [-0.2, 0) is 11.3 Å². The van der Waals surface area contributed by atoms with Crippen LogP contribution in [0.3, 0.4) is 0 Å². The number of carbonyl (C=O) groups is 1. The van der Waals surface area contributed by atoms with Gasteiger partial charge in [0, 0.05) is 25.7 Å². The number of nitrogens with one attached hydrogen (secondary N) is 2. The number of hydrogen-bond donors (Lipinski definition) is 3. The van der Waals surface area contributed by atoms with E-state index >= 15 is 0 Å². The Morgan fingerprint density at radius 3 is 2.72 bits per heavy atom. The van der Waals surface area contributed by atoms with Crippen LogP contribution in [0.4, 0.5) is 0 Å². The van der Waals surface area contributed by atoms with Crippen molar-refractivity contribution >= 4 is 17.5 Å². The van der Waals surface area contributed by atoms with Gasteiger partial charge in [0.1, 0.15) is 5.75 Å². The summed E-state index contributed by atoms with van der Waals surface area (Å²) >= 11 is 5.81. The summed E-state index contributed by atoms with van der Waals surface area (Å²) in [5.41, 5.74) is 0.221. The number of hydrogen-bond acceptors (Lipinski definition) is 3. The molecule has 0 saturated heterocycles. The largest absolute Gasteiger partial charge is 0.506 e. The zero-order chi connectivity index (χ0) is 13.8. The van der Waals surface area contributed by atoms with Gasteiger partial charge in [-0.2, -0.15) is 0 Å². The minimum atomic E-state index is -0.497. The van der Waals surface area contributed by atoms with E-state index in [0.29, 0.717) is 18.1 Å². The summed E-state index contributed by atoms with van der Waals surface area (Å²) in [6, 6.07) is 5.21. The number of amides is 1. The van der Waals surface area contributed by atoms with Crippen LogP contribution in [0.2, 0.25) is 5.02 Å². The number of para-hydroxylation sites is 1. The van der Waals surface area contributed by atoms with Crippen molar-refractivity contribution in [1.82, 2.24) is 10.6 Å². The molecule has 0 heterocycles. The van der Waals surface area contributed by atoms with E-state index in [4.69, 9.17) is 11.6 Å². The third-order valence-electron chi connectivity index (χ3n) is 2.79. The molecule has 1 amide bonds. The predicted octanol–water partition coefficient (Wildman–Crippen LogP) is 1.91. The van der Waals surface area contributed by atoms with E-state index in [1.165, 1.54) is 0 Å². The standard InChI is InChI=1S/C13H19ClN2O2/c1-13(2,12(18)15-3)8-16-7-9-5-4-6-10(14)11(9)17/h4-6,16-17H,7-8H2,1-3H3,(H,15,18). The Bertz CT molecular complexity index is 433. The second kappa shape index (κ2) is 6.07. The highest BCUT2D eigenvalue weighted by Crippen LogP contribution is 2.26. The van der Waals surface area contributed by atoms with Crippen LogP contribution in [0.1, 0.15) is 19.4 Å². The molecule has 0 atom stereocenters. The maximum atomic E-state index is 11.6. The summed E-state index contributed by atoms with van der Waals surface area (Å²) in [6.07, 6.45) is 0. The Morgan fingerprint density at radius 2 is 2.11 bits per heavy atom. The first-order chi connectivity index (χ1) is 8.38. The number of halogens is 1. The molecule has 3 N–H and O–H groups in total. The number of carbonyl (C=O) groups excluding carboxylic acids is 1. The topological polar surface area (TPSA) is 61.4 Å². The quantitative estimate of drug-likeness (QED) is 0.766. The van der Waals surface area contributed by atoms with Crippen LogP contribution in [0.5, 0.6) is 5.75 Å². The lowest BCUT2D eigenvalue weighted by Crippen LogP contribution is -2.41. The molecule has 0 fully saturated rings. The predicted molar refractivity (Wildman–Crippen MR) is 72.7 cm³/mol. The molecule has 0 aliphatic heterocycles. The van der Waals surface area contributed by atoms with Gasteiger partial charge in [-0.05, 0) is 19.9 Å². The van der Waals surface area contributed by atoms with Crippen molar-refractivity contribution in [3.63, 3.8) is 0 Å². The lowest BCUT2D eigenvalue weighted by Gasteiger charge is -2.23. The molecule has 4 nitrogen and oxygen atoms in total. The molecule has 1 rings (SSSR count). The third kappa shape index (κ3) is 3.62. The van der Waals surface area contributed by atoms with E-state index in [9.17, 15) is 9.90 Å². The number of phenols is 1. The molecular formula is C13H19ClN2O2. The number of rotatable bonds is 5. The van der Waals surface area contributed by atoms with Crippen molar-refractivity contribution in [2.75, 3.05) is 13.6 Å². The zero-order valence-electron chi connectivity index (χ0n) is 10.9. The molecule has 0 bridgehead atoms. The maximum absolute atomic E-state index is 11.6. The summed E-state index contributed by atoms with van der Waals surface area (Å²) < 4.78 is 0. The average Bonchev–Trinajstić information content (AvgIpc) is 2.33. The summed E-state index contributed by atoms with van der Waals surface area (Å²) in [5, 5.41) is 15.8. The van der Waals surface area contributed by atoms with E-state index in [1.807, 2.05) is 13.8 Å². The molecule has 0 spiro atoms. The fourth-order valence-electron chi connectivity index (χ4n) is 1.63. The fraction of sp³-hybridized carbons (Fsp3) is 0.462. The Kier molecular flexibility index (Phi) is 4.99. The smallest absolute Gasteiger partial charge is 0.226 e. The van der Waals surface area contributed by atoms with Gasteiger partial charge in [0.05, 0.1) is 10.4 Å². The van der Waals surface area contributed by atoms with Gasteiger partial charge in [0.15, 0.2) is 0 Å². The molecule has 1 aromatic rings. The second-order valence-electron chi connectivity index (χ2n) is 4.81. The molecule has 100 valence electrons. The Hall–Kier alpha value is -1.26. The highest BCUT2D eigenvalue weighted by atomic mass is 35.5. The van der Waals surface area contributed by atoms with Crippen molar-refractivity contribution in [3.05, 3.63) is 28.8 Å². The van der Waals surface area contributed by atoms with E-state index in [0.717, 1.165) is 5.56 Å². The summed E-state index contributed by atoms with van der Waals surface area (Å²) in [4.78, 5) is 11.6. The monoisotopic (exact) mass is 270 g/mol. The highest BCUT2D eigenvalue weighted by molar-refractivity contribution is 6.32. The number of benzene rings is 1. The van der Waals surface area contributed by atoms with Crippen molar-refractivity contribution in [3.8, 4) is 5.75 Å². The molecule has 5 heteroatoms. The summed E-state index contributed by atoms with van der Waals surface area (Å²) in [5.74, 6) is 0.0646. The van der Waals surface area contributed by atoms with Gasteiger partial charge in [-0.1, -0.05) is 23.7 Å². The highest BCUT2D eigenvalue weighted by Gasteiger charge is 2.25. The maximum Gasteiger partial charge on any atom is 0.226 e. The molecule has 0 aliphatic carbocycles. The average molecular weight is 271 g/mol. The normalized spacial score (nSPS) is 11.3. The van der Waals surface area contributed by atoms with Crippen LogP contribution in [0.25, 0.3) is 0 Å². The van der Waals surface area contributed by atoms with Crippen LogP contribution in [0, 0.1) is 5.41 Å². The molecule has 1 aromatic carbocycles. The Labute approximate surface area is 112 Å². The molecule has 0 saturated carbocycles. The first-order valence-electron chi connectivity index (χ1n) is 5.77. The van der Waals surface area contributed by atoms with Crippen molar-refractivity contribution < 1.29 is 9.90 Å². The van der Waals surface area contributed by atoms with Crippen molar-refractivity contribution in [2.24, 2.45) is 5.41 Å². The minimum absolute atomic E-state index is 0.0229. The van der Waals surface area contributed by atoms with Gasteiger partial charge >= 0.3 is 0 Å². The van der Waals surface area contributed by atoms with E-state index in [1.54, 1.807) is 25.2 Å². The second-order valence-corrected chi connectivity index (χ2v) is 5.22. The molecule has 0 unspecified atom stereocenters. The van der Waals surface area contributed by atoms with Gasteiger partial charge in [-0.25, -0.2) is 0 Å². The van der Waals surface area contributed by atoms with Gasteiger partial charge in [0.25, 0.3) is 0 Å². The number of aromatic hydroxyl groups is 1. The van der Waals surface area contributed by atoms with Crippen LogP contribution in [-0.4, -0.2) is 24.6 Å². The van der Waals surface area contributed by atoms with Gasteiger partial charge < -0.3 is 15.7 Å². The van der Waals surface area contributed by atoms with E-state index < -0.39 is 5.41 Å². The van der Waals surface area contributed by atoms with Gasteiger partial charge in [0.2, 0.25) is 5.91 Å². The van der Waals surface area contributed by atoms with Crippen molar-refractivity contribution in [1.29, 1.82) is 0 Å². The number of phenolic OH excluding ortho intramolecular Hbond substituents is 1. The SMILES string of the molecule is CNC(=O)C(C)(C)CNCc1cccc(Cl)c1O. The molecule has 0 aromatic heterocycles. The lowest BCUT2D eigenvalue weighted by molar-refractivity contribution is -0.128. The molecule has 0 aliphatic rings. The Morgan fingerprint density at radius 1 is 1.44 bits per heavy atom. The Balaban J connectivity index is 2.57. The third-order valence-corrected chi connectivity index (χ3v) is 3.10. The van der Waals surface area contributed by atoms with Crippen LogP contribution in [0.15, 0.2) is 18.2 Å². The van der Waals surface area contributed by atoms with E-state index in [2.05, 4.69) is 10.6 Å². The molecule has 0 radical (unpaired) electrons. The zero-order valence-corrected chi connectivity index (χ0v) is 11.6. The van der Waals surface area contributed by atoms with E-state index in [-0.39, 0.29) is 11.7 Å². The van der Waals surface area contributed by atoms with Gasteiger partial charge in [-0.15, -0.1) is 0 Å². The lowest BCUT2D eigenvalue weighted by atomic mass is 9.92. The first-order valence-corrected chi connectivity index (χ1v) is 6.15. The minimum Gasteiger partial charge on any atom is -0.506 e. The fourth-order valence-corrected chi connectivity index (χ4v) is 1.83. The van der Waals surface area contributed by atoms with Crippen molar-refractivity contribution in [2.45, 2.75) is 20.4 Å². The first kappa shape index (κ1) is 14.8.